The molecule has 0 aromatic heterocycles. The number of aliphatic imine (C=N–C) groups is 1. The molecule has 19 heavy (non-hydrogen) atoms. The second-order valence-electron chi connectivity index (χ2n) is 4.20. The first-order valence-electron chi connectivity index (χ1n) is 5.69. The van der Waals surface area contributed by atoms with Crippen molar-refractivity contribution in [1.29, 1.82) is 0 Å². The number of hydrogen-bond acceptors (Lipinski definition) is 3. The summed E-state index contributed by atoms with van der Waals surface area (Å²) >= 11 is 0. The first-order valence-corrected chi connectivity index (χ1v) is 5.69. The molecule has 0 spiro atoms. The molecule has 1 aliphatic heterocycles. The van der Waals surface area contributed by atoms with Crippen molar-refractivity contribution >= 4 is 28.7 Å². The van der Waals surface area contributed by atoms with Crippen molar-refractivity contribution < 1.29 is 9.18 Å². The molecule has 0 aliphatic carbocycles. The Morgan fingerprint density at radius 3 is 2.58 bits per heavy atom. The monoisotopic (exact) mass is 255 g/mol. The number of nitrogens with one attached hydrogen (secondary N) is 1. The molecule has 2 aromatic carbocycles. The number of nitrogens with zero attached hydrogens (tertiary/aromatic N) is 1. The molecular formula is C14H10FN3O. The third-order valence-electron chi connectivity index (χ3n) is 2.83. The Morgan fingerprint density at radius 1 is 1.11 bits per heavy atom. The maximum atomic E-state index is 13.2. The van der Waals surface area contributed by atoms with E-state index in [4.69, 9.17) is 5.73 Å². The molecule has 3 rings (SSSR count). The fourth-order valence-electron chi connectivity index (χ4n) is 1.91. The third-order valence-corrected chi connectivity index (χ3v) is 2.83. The number of nitrogen functional groups attached to an aromatic ring is 1. The van der Waals surface area contributed by atoms with Gasteiger partial charge in [0.2, 0.25) is 0 Å². The zero-order chi connectivity index (χ0) is 13.4. The van der Waals surface area contributed by atoms with Crippen molar-refractivity contribution in [3.63, 3.8) is 0 Å². The summed E-state index contributed by atoms with van der Waals surface area (Å²) in [4.78, 5) is 16.1. The van der Waals surface area contributed by atoms with E-state index in [1.54, 1.807) is 24.3 Å². The summed E-state index contributed by atoms with van der Waals surface area (Å²) in [7, 11) is 0. The van der Waals surface area contributed by atoms with Gasteiger partial charge in [-0.25, -0.2) is 9.38 Å². The van der Waals surface area contributed by atoms with Gasteiger partial charge < -0.3 is 11.1 Å². The highest BCUT2D eigenvalue weighted by Crippen LogP contribution is 2.26. The van der Waals surface area contributed by atoms with E-state index in [0.29, 0.717) is 22.6 Å². The number of anilines is 2. The Labute approximate surface area is 108 Å². The maximum absolute atomic E-state index is 13.2. The van der Waals surface area contributed by atoms with E-state index in [1.165, 1.54) is 18.2 Å². The molecule has 0 unspecified atom stereocenters. The topological polar surface area (TPSA) is 67.5 Å². The average Bonchev–Trinajstić information content (AvgIpc) is 2.69. The molecule has 0 radical (unpaired) electrons. The Balaban J connectivity index is 2.08. The van der Waals surface area contributed by atoms with Crippen LogP contribution in [-0.4, -0.2) is 11.6 Å². The van der Waals surface area contributed by atoms with E-state index in [2.05, 4.69) is 10.3 Å². The molecule has 0 bridgehead atoms. The van der Waals surface area contributed by atoms with Crippen LogP contribution >= 0.6 is 0 Å². The molecule has 2 aromatic rings. The summed E-state index contributed by atoms with van der Waals surface area (Å²) in [6, 6.07) is 10.9. The number of nitrogens with two attached hydrogens (primary N) is 1. The Bertz CT molecular complexity index is 692. The summed E-state index contributed by atoms with van der Waals surface area (Å²) in [5.74, 6) is -0.738. The Kier molecular flexibility index (Phi) is 2.52. The molecule has 1 amide bonds. The van der Waals surface area contributed by atoms with Crippen LogP contribution in [0.25, 0.3) is 0 Å². The quantitative estimate of drug-likeness (QED) is 0.769. The lowest BCUT2D eigenvalue weighted by Gasteiger charge is -1.99. The highest BCUT2D eigenvalue weighted by Gasteiger charge is 2.26. The number of carbonyl (C=O) groups excluding carboxylic acids is 1. The van der Waals surface area contributed by atoms with Gasteiger partial charge in [0, 0.05) is 11.3 Å². The van der Waals surface area contributed by atoms with Crippen LogP contribution in [0.3, 0.4) is 0 Å². The number of amides is 1. The van der Waals surface area contributed by atoms with Gasteiger partial charge in [-0.3, -0.25) is 4.79 Å². The lowest BCUT2D eigenvalue weighted by Crippen LogP contribution is -2.13. The SMILES string of the molecule is Nc1ccc(N=C2C(=O)Nc3ccc(F)cc32)cc1. The minimum absolute atomic E-state index is 0.208. The van der Waals surface area contributed by atoms with E-state index in [1.807, 2.05) is 0 Å². The van der Waals surface area contributed by atoms with Gasteiger partial charge in [0.15, 0.2) is 0 Å². The Morgan fingerprint density at radius 2 is 1.84 bits per heavy atom. The minimum Gasteiger partial charge on any atom is -0.399 e. The van der Waals surface area contributed by atoms with Crippen molar-refractivity contribution in [2.75, 3.05) is 11.1 Å². The number of carbonyl (C=O) groups is 1. The molecular weight excluding hydrogens is 245 g/mol. The van der Waals surface area contributed by atoms with Crippen molar-refractivity contribution in [2.24, 2.45) is 4.99 Å². The smallest absolute Gasteiger partial charge is 0.275 e. The first-order chi connectivity index (χ1) is 9.13. The highest BCUT2D eigenvalue weighted by atomic mass is 19.1. The van der Waals surface area contributed by atoms with Crippen LogP contribution in [0.5, 0.6) is 0 Å². The number of rotatable bonds is 1. The zero-order valence-corrected chi connectivity index (χ0v) is 9.85. The van der Waals surface area contributed by atoms with Crippen molar-refractivity contribution in [3.05, 3.63) is 53.8 Å². The van der Waals surface area contributed by atoms with Crippen molar-refractivity contribution in [2.45, 2.75) is 0 Å². The van der Waals surface area contributed by atoms with Crippen LogP contribution in [0.2, 0.25) is 0 Å². The fraction of sp³-hybridized carbons (Fsp3) is 0. The molecule has 5 heteroatoms. The van der Waals surface area contributed by atoms with Gasteiger partial charge in [-0.05, 0) is 42.5 Å². The van der Waals surface area contributed by atoms with Gasteiger partial charge in [-0.1, -0.05) is 0 Å². The van der Waals surface area contributed by atoms with Crippen LogP contribution in [-0.2, 0) is 4.79 Å². The molecule has 94 valence electrons. The van der Waals surface area contributed by atoms with Gasteiger partial charge in [0.1, 0.15) is 11.5 Å². The van der Waals surface area contributed by atoms with Gasteiger partial charge in [0.05, 0.1) is 11.4 Å². The van der Waals surface area contributed by atoms with E-state index < -0.39 is 5.82 Å². The second-order valence-corrected chi connectivity index (χ2v) is 4.20. The van der Waals surface area contributed by atoms with Crippen LogP contribution in [0.1, 0.15) is 5.56 Å². The predicted octanol–water partition coefficient (Wildman–Crippen LogP) is 2.48. The van der Waals surface area contributed by atoms with E-state index in [9.17, 15) is 9.18 Å². The molecule has 4 nitrogen and oxygen atoms in total. The van der Waals surface area contributed by atoms with Crippen molar-refractivity contribution in [3.8, 4) is 0 Å². The summed E-state index contributed by atoms with van der Waals surface area (Å²) < 4.78 is 13.2. The van der Waals surface area contributed by atoms with Crippen LogP contribution < -0.4 is 11.1 Å². The normalized spacial score (nSPS) is 15.4. The molecule has 1 aliphatic rings. The van der Waals surface area contributed by atoms with Gasteiger partial charge in [-0.2, -0.15) is 0 Å². The van der Waals surface area contributed by atoms with E-state index in [0.717, 1.165) is 0 Å². The summed E-state index contributed by atoms with van der Waals surface area (Å²) in [6.07, 6.45) is 0. The lowest BCUT2D eigenvalue weighted by molar-refractivity contribution is -0.110. The van der Waals surface area contributed by atoms with Crippen LogP contribution in [0.15, 0.2) is 47.5 Å². The maximum Gasteiger partial charge on any atom is 0.275 e. The highest BCUT2D eigenvalue weighted by molar-refractivity contribution is 6.54. The second kappa shape index (κ2) is 4.20. The Hall–Kier alpha value is -2.69. The number of halogens is 1. The van der Waals surface area contributed by atoms with E-state index >= 15 is 0 Å². The third kappa shape index (κ3) is 2.06. The summed E-state index contributed by atoms with van der Waals surface area (Å²) in [5, 5.41) is 2.65. The predicted molar refractivity (Wildman–Crippen MR) is 72.1 cm³/mol. The van der Waals surface area contributed by atoms with E-state index in [-0.39, 0.29) is 11.6 Å². The number of benzene rings is 2. The molecule has 0 saturated carbocycles. The minimum atomic E-state index is -0.403. The first kappa shape index (κ1) is 11.4. The van der Waals surface area contributed by atoms with Crippen molar-refractivity contribution in [1.82, 2.24) is 0 Å². The van der Waals surface area contributed by atoms with Gasteiger partial charge in [-0.15, -0.1) is 0 Å². The summed E-state index contributed by atoms with van der Waals surface area (Å²) in [6.45, 7) is 0. The van der Waals surface area contributed by atoms with Crippen LogP contribution in [0, 0.1) is 5.82 Å². The fourth-order valence-corrected chi connectivity index (χ4v) is 1.91. The van der Waals surface area contributed by atoms with Gasteiger partial charge in [0.25, 0.3) is 5.91 Å². The van der Waals surface area contributed by atoms with Gasteiger partial charge >= 0.3 is 0 Å². The zero-order valence-electron chi connectivity index (χ0n) is 9.85. The molecule has 0 atom stereocenters. The van der Waals surface area contributed by atoms with Crippen LogP contribution in [0.4, 0.5) is 21.5 Å². The number of hydrogen-bond donors (Lipinski definition) is 2. The lowest BCUT2D eigenvalue weighted by atomic mass is 10.1. The average molecular weight is 255 g/mol. The number of fused-ring (bicyclic) bond motifs is 1. The molecule has 0 saturated heterocycles. The molecule has 0 fully saturated rings. The standard InChI is InChI=1S/C14H10FN3O/c15-8-1-6-12-11(7-8)13(14(19)18-12)17-10-4-2-9(16)3-5-10/h1-7H,16H2,(H,17,18,19). The molecule has 1 heterocycles. The largest absolute Gasteiger partial charge is 0.399 e. The summed E-state index contributed by atoms with van der Waals surface area (Å²) in [5.41, 5.74) is 8.04. The molecule has 3 N–H and O–H groups in total.